The average molecular weight is 262 g/mol. The Kier molecular flexibility index (Phi) is 3.46. The minimum absolute atomic E-state index is 0.532. The van der Waals surface area contributed by atoms with E-state index in [1.807, 2.05) is 30.0 Å². The fourth-order valence-electron chi connectivity index (χ4n) is 2.67. The van der Waals surface area contributed by atoms with Crippen LogP contribution in [0.5, 0.6) is 0 Å². The summed E-state index contributed by atoms with van der Waals surface area (Å²) in [4.78, 5) is 0. The highest BCUT2D eigenvalue weighted by Crippen LogP contribution is 2.30. The normalized spacial score (nSPS) is 24.3. The van der Waals surface area contributed by atoms with Crippen LogP contribution in [0, 0.1) is 0 Å². The average Bonchev–Trinajstić information content (AvgIpc) is 2.83. The van der Waals surface area contributed by atoms with E-state index in [9.17, 15) is 0 Å². The summed E-state index contributed by atoms with van der Waals surface area (Å²) in [5.74, 6) is 0.900. The number of para-hydroxylation sites is 1. The van der Waals surface area contributed by atoms with Gasteiger partial charge in [0.2, 0.25) is 0 Å². The number of nitrogens with zero attached hydrogens (tertiary/aromatic N) is 1. The highest BCUT2D eigenvalue weighted by Gasteiger charge is 2.22. The third kappa shape index (κ3) is 2.34. The van der Waals surface area contributed by atoms with Gasteiger partial charge in [0.05, 0.1) is 5.39 Å². The van der Waals surface area contributed by atoms with Crippen LogP contribution < -0.4 is 5.32 Å². The zero-order valence-electron chi connectivity index (χ0n) is 10.6. The van der Waals surface area contributed by atoms with Gasteiger partial charge in [0.25, 0.3) is 0 Å². The second-order valence-electron chi connectivity index (χ2n) is 4.89. The lowest BCUT2D eigenvalue weighted by Gasteiger charge is -2.28. The van der Waals surface area contributed by atoms with E-state index in [1.54, 1.807) is 0 Å². The second-order valence-corrected chi connectivity index (χ2v) is 6.03. The van der Waals surface area contributed by atoms with Crippen molar-refractivity contribution in [1.82, 2.24) is 5.16 Å². The van der Waals surface area contributed by atoms with Crippen molar-refractivity contribution in [2.24, 2.45) is 0 Å². The number of hydrogen-bond donors (Lipinski definition) is 1. The van der Waals surface area contributed by atoms with Gasteiger partial charge in [-0.1, -0.05) is 23.7 Å². The Morgan fingerprint density at radius 2 is 2.22 bits per heavy atom. The molecule has 2 atom stereocenters. The summed E-state index contributed by atoms with van der Waals surface area (Å²) >= 11 is 1.98. The lowest BCUT2D eigenvalue weighted by atomic mass is 9.95. The zero-order chi connectivity index (χ0) is 12.4. The third-order valence-corrected chi connectivity index (χ3v) is 4.77. The summed E-state index contributed by atoms with van der Waals surface area (Å²) in [6.45, 7) is 0. The van der Waals surface area contributed by atoms with Gasteiger partial charge in [-0.3, -0.25) is 0 Å². The summed E-state index contributed by atoms with van der Waals surface area (Å²) in [6.07, 6.45) is 7.32. The zero-order valence-corrected chi connectivity index (χ0v) is 11.4. The smallest absolute Gasteiger partial charge is 0.177 e. The Hall–Kier alpha value is -1.16. The van der Waals surface area contributed by atoms with Crippen LogP contribution in [-0.4, -0.2) is 22.7 Å². The number of rotatable bonds is 3. The molecule has 0 radical (unpaired) electrons. The van der Waals surface area contributed by atoms with Crippen LogP contribution >= 0.6 is 11.8 Å². The lowest BCUT2D eigenvalue weighted by molar-refractivity contribution is 0.446. The molecule has 2 unspecified atom stereocenters. The maximum absolute atomic E-state index is 5.33. The molecule has 3 rings (SSSR count). The molecule has 1 aromatic carbocycles. The van der Waals surface area contributed by atoms with E-state index in [0.29, 0.717) is 6.04 Å². The Labute approximate surface area is 111 Å². The highest BCUT2D eigenvalue weighted by molar-refractivity contribution is 7.99. The summed E-state index contributed by atoms with van der Waals surface area (Å²) in [7, 11) is 0. The van der Waals surface area contributed by atoms with Gasteiger partial charge in [-0.05, 0) is 37.7 Å². The van der Waals surface area contributed by atoms with Crippen LogP contribution in [0.3, 0.4) is 0 Å². The number of anilines is 1. The molecule has 0 saturated heterocycles. The fraction of sp³-hybridized carbons (Fsp3) is 0.500. The molecule has 2 aromatic rings. The van der Waals surface area contributed by atoms with Gasteiger partial charge >= 0.3 is 0 Å². The van der Waals surface area contributed by atoms with Gasteiger partial charge in [-0.15, -0.1) is 0 Å². The molecular weight excluding hydrogens is 244 g/mol. The topological polar surface area (TPSA) is 38.1 Å². The first-order chi connectivity index (χ1) is 8.86. The third-order valence-electron chi connectivity index (χ3n) is 3.68. The molecule has 0 spiro atoms. The maximum Gasteiger partial charge on any atom is 0.177 e. The van der Waals surface area contributed by atoms with Crippen molar-refractivity contribution < 1.29 is 4.52 Å². The van der Waals surface area contributed by atoms with Crippen molar-refractivity contribution in [2.45, 2.75) is 37.0 Å². The monoisotopic (exact) mass is 262 g/mol. The molecular formula is C14H18N2OS. The fourth-order valence-corrected chi connectivity index (χ4v) is 3.50. The molecule has 0 aliphatic heterocycles. The molecule has 1 aliphatic carbocycles. The minimum Gasteiger partial charge on any atom is -0.364 e. The first kappa shape index (κ1) is 11.9. The van der Waals surface area contributed by atoms with Crippen molar-refractivity contribution >= 4 is 28.5 Å². The van der Waals surface area contributed by atoms with E-state index >= 15 is 0 Å². The predicted octanol–water partition coefficient (Wildman–Crippen LogP) is 3.91. The molecule has 1 heterocycles. The van der Waals surface area contributed by atoms with E-state index in [2.05, 4.69) is 22.8 Å². The molecule has 3 nitrogen and oxygen atoms in total. The van der Waals surface area contributed by atoms with Gasteiger partial charge < -0.3 is 9.84 Å². The molecule has 1 fully saturated rings. The Morgan fingerprint density at radius 1 is 1.33 bits per heavy atom. The van der Waals surface area contributed by atoms with Crippen LogP contribution in [-0.2, 0) is 0 Å². The molecule has 4 heteroatoms. The quantitative estimate of drug-likeness (QED) is 0.910. The van der Waals surface area contributed by atoms with Crippen LogP contribution in [0.4, 0.5) is 5.82 Å². The second kappa shape index (κ2) is 5.22. The number of aromatic nitrogens is 1. The van der Waals surface area contributed by atoms with Crippen molar-refractivity contribution in [3.8, 4) is 0 Å². The van der Waals surface area contributed by atoms with Gasteiger partial charge in [0.15, 0.2) is 11.4 Å². The molecule has 1 N–H and O–H groups in total. The van der Waals surface area contributed by atoms with E-state index in [4.69, 9.17) is 4.52 Å². The van der Waals surface area contributed by atoms with Crippen LogP contribution in [0.25, 0.3) is 11.0 Å². The molecule has 96 valence electrons. The molecule has 0 bridgehead atoms. The molecule has 1 aromatic heterocycles. The minimum atomic E-state index is 0.532. The number of benzene rings is 1. The van der Waals surface area contributed by atoms with E-state index in [1.165, 1.54) is 25.7 Å². The Bertz CT molecular complexity index is 525. The molecule has 18 heavy (non-hydrogen) atoms. The van der Waals surface area contributed by atoms with Crippen LogP contribution in [0.1, 0.15) is 25.7 Å². The van der Waals surface area contributed by atoms with Crippen molar-refractivity contribution in [2.75, 3.05) is 11.6 Å². The Morgan fingerprint density at radius 3 is 3.11 bits per heavy atom. The van der Waals surface area contributed by atoms with Crippen molar-refractivity contribution in [3.63, 3.8) is 0 Å². The Balaban J connectivity index is 1.76. The van der Waals surface area contributed by atoms with Crippen molar-refractivity contribution in [1.29, 1.82) is 0 Å². The standard InChI is InChI=1S/C14H18N2OS/c1-18-11-6-4-5-10(9-11)15-14-12-7-2-3-8-13(12)17-16-14/h2-3,7-8,10-11H,4-6,9H2,1H3,(H,15,16). The predicted molar refractivity (Wildman–Crippen MR) is 77.2 cm³/mol. The number of thioether (sulfide) groups is 1. The maximum atomic E-state index is 5.33. The number of nitrogens with one attached hydrogen (secondary N) is 1. The van der Waals surface area contributed by atoms with Gasteiger partial charge in [0, 0.05) is 11.3 Å². The highest BCUT2D eigenvalue weighted by atomic mass is 32.2. The number of fused-ring (bicyclic) bond motifs is 1. The molecule has 0 amide bonds. The number of hydrogen-bond acceptors (Lipinski definition) is 4. The van der Waals surface area contributed by atoms with Crippen LogP contribution in [0.15, 0.2) is 28.8 Å². The SMILES string of the molecule is CSC1CCCC(Nc2noc3ccccc23)C1. The largest absolute Gasteiger partial charge is 0.364 e. The van der Waals surface area contributed by atoms with Crippen molar-refractivity contribution in [3.05, 3.63) is 24.3 Å². The molecule has 1 saturated carbocycles. The van der Waals surface area contributed by atoms with Gasteiger partial charge in [-0.2, -0.15) is 11.8 Å². The molecule has 1 aliphatic rings. The van der Waals surface area contributed by atoms with E-state index in [-0.39, 0.29) is 0 Å². The van der Waals surface area contributed by atoms with E-state index in [0.717, 1.165) is 22.0 Å². The summed E-state index contributed by atoms with van der Waals surface area (Å²) in [5.41, 5.74) is 0.859. The first-order valence-corrected chi connectivity index (χ1v) is 7.79. The van der Waals surface area contributed by atoms with Crippen LogP contribution in [0.2, 0.25) is 0 Å². The lowest BCUT2D eigenvalue weighted by Crippen LogP contribution is -2.28. The van der Waals surface area contributed by atoms with Gasteiger partial charge in [-0.25, -0.2) is 0 Å². The first-order valence-electron chi connectivity index (χ1n) is 6.50. The summed E-state index contributed by atoms with van der Waals surface area (Å²) < 4.78 is 5.33. The van der Waals surface area contributed by atoms with E-state index < -0.39 is 0 Å². The van der Waals surface area contributed by atoms with Gasteiger partial charge in [0.1, 0.15) is 0 Å². The summed E-state index contributed by atoms with van der Waals surface area (Å²) in [5, 5.41) is 9.57. The summed E-state index contributed by atoms with van der Waals surface area (Å²) in [6, 6.07) is 8.55.